The summed E-state index contributed by atoms with van der Waals surface area (Å²) in [4.78, 5) is 15.8. The van der Waals surface area contributed by atoms with Crippen molar-refractivity contribution in [2.75, 3.05) is 0 Å². The van der Waals surface area contributed by atoms with E-state index in [4.69, 9.17) is 46.4 Å². The van der Waals surface area contributed by atoms with Crippen molar-refractivity contribution >= 4 is 52.3 Å². The number of hydrogen-bond acceptors (Lipinski definition) is 2. The maximum atomic E-state index is 11.9. The lowest BCUT2D eigenvalue weighted by Crippen LogP contribution is -2.33. The third kappa shape index (κ3) is 3.64. The molecule has 0 aliphatic rings. The van der Waals surface area contributed by atoms with Crippen LogP contribution in [0.1, 0.15) is 37.2 Å². The van der Waals surface area contributed by atoms with Crippen LogP contribution < -0.4 is 5.32 Å². The Kier molecular flexibility index (Phi) is 5.99. The largest absolute Gasteiger partial charge is 0.348 e. The van der Waals surface area contributed by atoms with Crippen molar-refractivity contribution < 1.29 is 4.79 Å². The first-order chi connectivity index (χ1) is 8.38. The molecule has 0 saturated carbocycles. The maximum absolute atomic E-state index is 11.9. The van der Waals surface area contributed by atoms with E-state index >= 15 is 0 Å². The highest BCUT2D eigenvalue weighted by molar-refractivity contribution is 6.52. The van der Waals surface area contributed by atoms with E-state index in [1.54, 1.807) is 0 Å². The van der Waals surface area contributed by atoms with Gasteiger partial charge >= 0.3 is 0 Å². The van der Waals surface area contributed by atoms with Crippen molar-refractivity contribution in [1.29, 1.82) is 0 Å². The molecule has 100 valence electrons. The lowest BCUT2D eigenvalue weighted by atomic mass is 10.2. The summed E-state index contributed by atoms with van der Waals surface area (Å²) in [5, 5.41) is 2.81. The number of halogens is 4. The third-order valence-corrected chi connectivity index (χ3v) is 3.98. The number of aromatic nitrogens is 1. The summed E-state index contributed by atoms with van der Waals surface area (Å²) in [6, 6.07) is 0.0218. The number of pyridine rings is 1. The van der Waals surface area contributed by atoms with Crippen LogP contribution >= 0.6 is 46.4 Å². The van der Waals surface area contributed by atoms with Crippen LogP contribution in [0.25, 0.3) is 0 Å². The highest BCUT2D eigenvalue weighted by Crippen LogP contribution is 2.36. The van der Waals surface area contributed by atoms with Gasteiger partial charge in [0.2, 0.25) is 0 Å². The molecule has 1 aromatic rings. The number of nitrogens with zero attached hydrogens (tertiary/aromatic N) is 1. The molecule has 1 heterocycles. The van der Waals surface area contributed by atoms with Gasteiger partial charge in [0.1, 0.15) is 10.8 Å². The quantitative estimate of drug-likeness (QED) is 0.819. The van der Waals surface area contributed by atoms with E-state index < -0.39 is 5.91 Å². The number of amides is 1. The molecule has 1 amide bonds. The molecule has 3 nitrogen and oxygen atoms in total. The van der Waals surface area contributed by atoms with Crippen molar-refractivity contribution in [3.8, 4) is 0 Å². The molecule has 0 spiro atoms. The standard InChI is InChI=1S/C11H12Cl4N2O/c1-3-4-5(2)16-11(18)9-7(13)6(12)8(14)10(15)17-9/h5H,3-4H2,1-2H3,(H,16,18). The Bertz CT molecular complexity index is 465. The number of carbonyl (C=O) groups is 1. The van der Waals surface area contributed by atoms with Gasteiger partial charge < -0.3 is 5.32 Å². The lowest BCUT2D eigenvalue weighted by Gasteiger charge is -2.13. The van der Waals surface area contributed by atoms with E-state index in [1.807, 2.05) is 13.8 Å². The lowest BCUT2D eigenvalue weighted by molar-refractivity contribution is 0.0933. The van der Waals surface area contributed by atoms with Crippen LogP contribution in [0.5, 0.6) is 0 Å². The Morgan fingerprint density at radius 3 is 2.39 bits per heavy atom. The zero-order chi connectivity index (χ0) is 13.9. The molecular weight excluding hydrogens is 318 g/mol. The van der Waals surface area contributed by atoms with Gasteiger partial charge in [-0.15, -0.1) is 0 Å². The van der Waals surface area contributed by atoms with Crippen LogP contribution in [0, 0.1) is 0 Å². The van der Waals surface area contributed by atoms with E-state index in [0.29, 0.717) is 0 Å². The summed E-state index contributed by atoms with van der Waals surface area (Å²) in [6.45, 7) is 3.93. The minimum absolute atomic E-state index is 0.00673. The molecule has 1 aromatic heterocycles. The molecule has 1 rings (SSSR count). The Morgan fingerprint density at radius 2 is 1.83 bits per heavy atom. The number of carbonyl (C=O) groups excluding carboxylic acids is 1. The topological polar surface area (TPSA) is 42.0 Å². The molecule has 0 bridgehead atoms. The van der Waals surface area contributed by atoms with Gasteiger partial charge in [-0.05, 0) is 13.3 Å². The molecule has 0 fully saturated rings. The van der Waals surface area contributed by atoms with Crippen molar-refractivity contribution in [3.63, 3.8) is 0 Å². The van der Waals surface area contributed by atoms with Crippen LogP contribution in [-0.2, 0) is 0 Å². The SMILES string of the molecule is CCCC(C)NC(=O)c1nc(Cl)c(Cl)c(Cl)c1Cl. The van der Waals surface area contributed by atoms with Gasteiger partial charge in [-0.2, -0.15) is 0 Å². The van der Waals surface area contributed by atoms with E-state index in [0.717, 1.165) is 12.8 Å². The first-order valence-corrected chi connectivity index (χ1v) is 6.90. The minimum Gasteiger partial charge on any atom is -0.348 e. The highest BCUT2D eigenvalue weighted by atomic mass is 35.5. The van der Waals surface area contributed by atoms with Gasteiger partial charge in [0.25, 0.3) is 5.91 Å². The Balaban J connectivity index is 3.00. The summed E-state index contributed by atoms with van der Waals surface area (Å²) in [6.07, 6.45) is 1.82. The van der Waals surface area contributed by atoms with Crippen molar-refractivity contribution in [1.82, 2.24) is 10.3 Å². The summed E-state index contributed by atoms with van der Waals surface area (Å²) in [7, 11) is 0. The monoisotopic (exact) mass is 328 g/mol. The summed E-state index contributed by atoms with van der Waals surface area (Å²) in [5.74, 6) is -0.415. The van der Waals surface area contributed by atoms with E-state index in [-0.39, 0.29) is 32.0 Å². The summed E-state index contributed by atoms with van der Waals surface area (Å²) in [5.41, 5.74) is -0.0148. The van der Waals surface area contributed by atoms with Crippen molar-refractivity contribution in [2.45, 2.75) is 32.7 Å². The second-order valence-corrected chi connectivity index (χ2v) is 5.35. The van der Waals surface area contributed by atoms with Crippen LogP contribution in [0.2, 0.25) is 20.2 Å². The first-order valence-electron chi connectivity index (χ1n) is 5.39. The molecule has 0 saturated heterocycles. The second kappa shape index (κ2) is 6.80. The molecule has 0 radical (unpaired) electrons. The number of rotatable bonds is 4. The van der Waals surface area contributed by atoms with Crippen molar-refractivity contribution in [3.05, 3.63) is 25.9 Å². The van der Waals surface area contributed by atoms with E-state index in [1.165, 1.54) is 0 Å². The van der Waals surface area contributed by atoms with Crippen LogP contribution in [0.3, 0.4) is 0 Å². The fraction of sp³-hybridized carbons (Fsp3) is 0.455. The molecule has 0 aliphatic carbocycles. The fourth-order valence-electron chi connectivity index (χ4n) is 1.43. The smallest absolute Gasteiger partial charge is 0.271 e. The predicted molar refractivity (Wildman–Crippen MR) is 76.1 cm³/mol. The summed E-state index contributed by atoms with van der Waals surface area (Å²) < 4.78 is 0. The Labute approximate surface area is 126 Å². The fourth-order valence-corrected chi connectivity index (χ4v) is 2.25. The molecule has 18 heavy (non-hydrogen) atoms. The van der Waals surface area contributed by atoms with Gasteiger partial charge in [0.05, 0.1) is 15.1 Å². The maximum Gasteiger partial charge on any atom is 0.271 e. The van der Waals surface area contributed by atoms with Crippen molar-refractivity contribution in [2.24, 2.45) is 0 Å². The summed E-state index contributed by atoms with van der Waals surface area (Å²) >= 11 is 23.3. The van der Waals surface area contributed by atoms with E-state index in [9.17, 15) is 4.79 Å². The zero-order valence-electron chi connectivity index (χ0n) is 9.86. The number of hydrogen-bond donors (Lipinski definition) is 1. The first kappa shape index (κ1) is 15.8. The Hall–Kier alpha value is -0.220. The average Bonchev–Trinajstić information content (AvgIpc) is 2.31. The second-order valence-electron chi connectivity index (χ2n) is 3.86. The van der Waals surface area contributed by atoms with Gasteiger partial charge in [0, 0.05) is 6.04 Å². The van der Waals surface area contributed by atoms with Gasteiger partial charge in [-0.25, -0.2) is 4.98 Å². The molecule has 1 unspecified atom stereocenters. The number of nitrogens with one attached hydrogen (secondary N) is 1. The average molecular weight is 330 g/mol. The molecule has 0 aliphatic heterocycles. The normalized spacial score (nSPS) is 12.3. The predicted octanol–water partition coefficient (Wildman–Crippen LogP) is 4.61. The molecule has 7 heteroatoms. The van der Waals surface area contributed by atoms with Crippen LogP contribution in [0.15, 0.2) is 0 Å². The van der Waals surface area contributed by atoms with Crippen LogP contribution in [0.4, 0.5) is 0 Å². The van der Waals surface area contributed by atoms with Gasteiger partial charge in [-0.3, -0.25) is 4.79 Å². The molecule has 1 atom stereocenters. The minimum atomic E-state index is -0.415. The highest BCUT2D eigenvalue weighted by Gasteiger charge is 2.21. The van der Waals surface area contributed by atoms with Gasteiger partial charge in [-0.1, -0.05) is 59.7 Å². The third-order valence-electron chi connectivity index (χ3n) is 2.30. The molecule has 0 aromatic carbocycles. The van der Waals surface area contributed by atoms with Crippen LogP contribution in [-0.4, -0.2) is 16.9 Å². The molecule has 1 N–H and O–H groups in total. The van der Waals surface area contributed by atoms with E-state index in [2.05, 4.69) is 10.3 Å². The zero-order valence-corrected chi connectivity index (χ0v) is 12.9. The molecular formula is C11H12Cl4N2O. The Morgan fingerprint density at radius 1 is 1.22 bits per heavy atom. The van der Waals surface area contributed by atoms with Gasteiger partial charge in [0.15, 0.2) is 0 Å².